The predicted molar refractivity (Wildman–Crippen MR) is 129 cm³/mol. The zero-order valence-electron chi connectivity index (χ0n) is 17.7. The van der Waals surface area contributed by atoms with Crippen LogP contribution in [-0.4, -0.2) is 29.2 Å². The smallest absolute Gasteiger partial charge is 0.267 e. The van der Waals surface area contributed by atoms with Crippen LogP contribution in [0.25, 0.3) is 10.9 Å². The van der Waals surface area contributed by atoms with Crippen LogP contribution in [0.1, 0.15) is 16.1 Å². The van der Waals surface area contributed by atoms with Gasteiger partial charge in [-0.05, 0) is 36.4 Å². The largest absolute Gasteiger partial charge is 0.491 e. The molecule has 3 aromatic carbocycles. The van der Waals surface area contributed by atoms with Gasteiger partial charge in [0.25, 0.3) is 5.91 Å². The van der Waals surface area contributed by atoms with Crippen molar-refractivity contribution in [3.05, 3.63) is 81.7 Å². The fourth-order valence-electron chi connectivity index (χ4n) is 3.32. The van der Waals surface area contributed by atoms with Crippen molar-refractivity contribution in [3.8, 4) is 17.2 Å². The molecule has 0 saturated carbocycles. The lowest BCUT2D eigenvalue weighted by molar-refractivity contribution is 0.0946. The van der Waals surface area contributed by atoms with Crippen LogP contribution in [0.3, 0.4) is 0 Å². The number of rotatable bonds is 8. The number of nitrogen functional groups attached to an aromatic ring is 1. The first-order valence-electron chi connectivity index (χ1n) is 10.2. The molecule has 0 aliphatic carbocycles. The normalized spacial score (nSPS) is 10.9. The Morgan fingerprint density at radius 1 is 1.09 bits per heavy atom. The Morgan fingerprint density at radius 3 is 2.68 bits per heavy atom. The molecule has 0 aliphatic rings. The first-order chi connectivity index (χ1) is 16.3. The molecule has 1 amide bonds. The number of benzene rings is 3. The van der Waals surface area contributed by atoms with Crippen LogP contribution in [-0.2, 0) is 6.54 Å². The van der Waals surface area contributed by atoms with E-state index in [0.717, 1.165) is 5.39 Å². The molecule has 34 heavy (non-hydrogen) atoms. The third-order valence-electron chi connectivity index (χ3n) is 4.88. The van der Waals surface area contributed by atoms with E-state index in [9.17, 15) is 4.79 Å². The van der Waals surface area contributed by atoms with Crippen molar-refractivity contribution in [2.45, 2.75) is 6.54 Å². The highest BCUT2D eigenvalue weighted by Gasteiger charge is 2.17. The lowest BCUT2D eigenvalue weighted by Crippen LogP contribution is -2.23. The van der Waals surface area contributed by atoms with E-state index in [2.05, 4.69) is 10.3 Å². The van der Waals surface area contributed by atoms with E-state index in [0.29, 0.717) is 27.7 Å². The number of amides is 1. The van der Waals surface area contributed by atoms with Crippen LogP contribution in [0.15, 0.2) is 54.6 Å². The minimum Gasteiger partial charge on any atom is -0.491 e. The van der Waals surface area contributed by atoms with Crippen LogP contribution in [0, 0.1) is 5.82 Å². The van der Waals surface area contributed by atoms with Crippen LogP contribution >= 0.6 is 23.2 Å². The summed E-state index contributed by atoms with van der Waals surface area (Å²) in [6, 6.07) is 14.4. The van der Waals surface area contributed by atoms with Crippen molar-refractivity contribution in [2.24, 2.45) is 0 Å². The summed E-state index contributed by atoms with van der Waals surface area (Å²) in [6.45, 7) is -0.0314. The fraction of sp³-hybridized carbons (Fsp3) is 0.125. The molecule has 5 N–H and O–H groups in total. The number of carbonyl (C=O) groups is 1. The summed E-state index contributed by atoms with van der Waals surface area (Å²) in [5, 5.41) is 12.8. The molecule has 4 rings (SSSR count). The highest BCUT2D eigenvalue weighted by Crippen LogP contribution is 2.35. The molecule has 1 aromatic heterocycles. The maximum atomic E-state index is 15.1. The summed E-state index contributed by atoms with van der Waals surface area (Å²) in [7, 11) is 0. The van der Waals surface area contributed by atoms with Crippen molar-refractivity contribution in [3.63, 3.8) is 0 Å². The second-order valence-electron chi connectivity index (χ2n) is 7.36. The molecule has 1 heterocycles. The molecule has 176 valence electrons. The highest BCUT2D eigenvalue weighted by atomic mass is 35.5. The number of halogens is 3. The first kappa shape index (κ1) is 23.7. The molecule has 10 heteroatoms. The van der Waals surface area contributed by atoms with Gasteiger partial charge >= 0.3 is 0 Å². The number of carbonyl (C=O) groups excluding carboxylic acids is 1. The van der Waals surface area contributed by atoms with Gasteiger partial charge in [-0.1, -0.05) is 29.3 Å². The third kappa shape index (κ3) is 5.36. The molecule has 0 fully saturated rings. The molecule has 4 aromatic rings. The summed E-state index contributed by atoms with van der Waals surface area (Å²) in [4.78, 5) is 15.7. The van der Waals surface area contributed by atoms with Crippen LogP contribution < -0.4 is 20.5 Å². The number of aromatic amines is 1. The van der Waals surface area contributed by atoms with Crippen LogP contribution in [0.2, 0.25) is 10.0 Å². The Morgan fingerprint density at radius 2 is 1.91 bits per heavy atom. The van der Waals surface area contributed by atoms with Crippen molar-refractivity contribution in [2.75, 3.05) is 18.9 Å². The monoisotopic (exact) mass is 503 g/mol. The van der Waals surface area contributed by atoms with E-state index in [-0.39, 0.29) is 41.8 Å². The molecule has 0 bridgehead atoms. The van der Waals surface area contributed by atoms with E-state index < -0.39 is 11.7 Å². The summed E-state index contributed by atoms with van der Waals surface area (Å²) in [6.07, 6.45) is 0. The molecule has 0 spiro atoms. The fourth-order valence-corrected chi connectivity index (χ4v) is 3.74. The van der Waals surface area contributed by atoms with Gasteiger partial charge in [0, 0.05) is 45.9 Å². The highest BCUT2D eigenvalue weighted by molar-refractivity contribution is 6.32. The minimum atomic E-state index is -0.714. The lowest BCUT2D eigenvalue weighted by atomic mass is 10.2. The second kappa shape index (κ2) is 10.2. The van der Waals surface area contributed by atoms with E-state index in [1.54, 1.807) is 24.3 Å². The number of nitrogens with one attached hydrogen (secondary N) is 2. The van der Waals surface area contributed by atoms with E-state index >= 15 is 4.39 Å². The van der Waals surface area contributed by atoms with Crippen molar-refractivity contribution < 1.29 is 23.8 Å². The molecule has 0 atom stereocenters. The maximum absolute atomic E-state index is 15.1. The van der Waals surface area contributed by atoms with Gasteiger partial charge in [0.1, 0.15) is 23.8 Å². The van der Waals surface area contributed by atoms with Crippen molar-refractivity contribution in [1.29, 1.82) is 0 Å². The predicted octanol–water partition coefficient (Wildman–Crippen LogP) is 5.29. The SMILES string of the molecule is Nc1cc(Cl)cc(Oc2c(Cl)ccc(CNC(=O)c3cc4ccc(OCCO)cc4[nH]3)c2F)c1. The molecule has 0 unspecified atom stereocenters. The Labute approximate surface area is 204 Å². The summed E-state index contributed by atoms with van der Waals surface area (Å²) in [5.41, 5.74) is 7.28. The van der Waals surface area contributed by atoms with Crippen LogP contribution in [0.4, 0.5) is 10.1 Å². The summed E-state index contributed by atoms with van der Waals surface area (Å²) in [5.74, 6) is -0.543. The number of aromatic nitrogens is 1. The first-order valence-corrected chi connectivity index (χ1v) is 10.9. The average Bonchev–Trinajstić information content (AvgIpc) is 3.22. The number of H-pyrrole nitrogens is 1. The molecular weight excluding hydrogens is 484 g/mol. The van der Waals surface area contributed by atoms with E-state index in [1.807, 2.05) is 0 Å². The average molecular weight is 504 g/mol. The van der Waals surface area contributed by atoms with Gasteiger partial charge in [0.2, 0.25) is 0 Å². The topological polar surface area (TPSA) is 110 Å². The van der Waals surface area contributed by atoms with Gasteiger partial charge < -0.3 is 30.6 Å². The Kier molecular flexibility index (Phi) is 7.12. The standard InChI is InChI=1S/C24H20Cl2FN3O4/c25-15-8-16(28)10-18(9-15)34-23-19(26)4-2-14(22(23)27)12-29-24(32)21-7-13-1-3-17(33-6-5-31)11-20(13)30-21/h1-4,7-11,30-31H,5-6,12,28H2,(H,29,32). The number of aliphatic hydroxyl groups is 1. The van der Waals surface area contributed by atoms with Gasteiger partial charge in [-0.15, -0.1) is 0 Å². The Bertz CT molecular complexity index is 1340. The van der Waals surface area contributed by atoms with Crippen molar-refractivity contribution >= 4 is 45.7 Å². The van der Waals surface area contributed by atoms with E-state index in [4.69, 9.17) is 43.5 Å². The third-order valence-corrected chi connectivity index (χ3v) is 5.40. The number of hydrogen-bond acceptors (Lipinski definition) is 5. The van der Waals surface area contributed by atoms with Crippen LogP contribution in [0.5, 0.6) is 17.2 Å². The van der Waals surface area contributed by atoms with Gasteiger partial charge in [0.15, 0.2) is 11.6 Å². The Hall–Kier alpha value is -3.46. The molecule has 0 saturated heterocycles. The zero-order valence-corrected chi connectivity index (χ0v) is 19.2. The van der Waals surface area contributed by atoms with Gasteiger partial charge in [-0.3, -0.25) is 4.79 Å². The van der Waals surface area contributed by atoms with Gasteiger partial charge in [-0.25, -0.2) is 4.39 Å². The van der Waals surface area contributed by atoms with E-state index in [1.165, 1.54) is 30.3 Å². The molecule has 0 radical (unpaired) electrons. The molecule has 0 aliphatic heterocycles. The number of aliphatic hydroxyl groups excluding tert-OH is 1. The minimum absolute atomic E-state index is 0.0564. The summed E-state index contributed by atoms with van der Waals surface area (Å²) < 4.78 is 26.1. The number of anilines is 1. The molecule has 7 nitrogen and oxygen atoms in total. The number of hydrogen-bond donors (Lipinski definition) is 4. The van der Waals surface area contributed by atoms with Gasteiger partial charge in [0.05, 0.1) is 11.6 Å². The van der Waals surface area contributed by atoms with Crippen molar-refractivity contribution in [1.82, 2.24) is 10.3 Å². The number of fused-ring (bicyclic) bond motifs is 1. The molecular formula is C24H20Cl2FN3O4. The quantitative estimate of drug-likeness (QED) is 0.244. The van der Waals surface area contributed by atoms with Gasteiger partial charge in [-0.2, -0.15) is 0 Å². The number of nitrogens with two attached hydrogens (primary N) is 1. The summed E-state index contributed by atoms with van der Waals surface area (Å²) >= 11 is 12.1. The second-order valence-corrected chi connectivity index (χ2v) is 8.20. The Balaban J connectivity index is 1.49. The lowest BCUT2D eigenvalue weighted by Gasteiger charge is -2.13. The zero-order chi connectivity index (χ0) is 24.2. The maximum Gasteiger partial charge on any atom is 0.267 e. The number of ether oxygens (including phenoxy) is 2.